The van der Waals surface area contributed by atoms with E-state index in [0.29, 0.717) is 35.8 Å². The van der Waals surface area contributed by atoms with E-state index in [0.717, 1.165) is 16.6 Å². The number of halogens is 3. The topological polar surface area (TPSA) is 45.3 Å². The highest BCUT2D eigenvalue weighted by atomic mass is 35.5. The summed E-state index contributed by atoms with van der Waals surface area (Å²) in [6.45, 7) is 2.98. The van der Waals surface area contributed by atoms with Crippen molar-refractivity contribution in [1.29, 1.82) is 0 Å². The molecule has 4 rings (SSSR count). The Labute approximate surface area is 165 Å². The van der Waals surface area contributed by atoms with Crippen molar-refractivity contribution < 1.29 is 13.9 Å². The molecular formula is C20H17Cl2FN2O2. The summed E-state index contributed by atoms with van der Waals surface area (Å²) < 4.78 is 19.6. The second-order valence-corrected chi connectivity index (χ2v) is 7.38. The van der Waals surface area contributed by atoms with Crippen LogP contribution in [0.25, 0.3) is 10.9 Å². The molecule has 1 aliphatic heterocycles. The number of hydrogen-bond donors (Lipinski definition) is 1. The predicted molar refractivity (Wildman–Crippen MR) is 104 cm³/mol. The molecule has 2 aromatic carbocycles. The molecule has 4 nitrogen and oxygen atoms in total. The average molecular weight is 407 g/mol. The first-order chi connectivity index (χ1) is 13.0. The summed E-state index contributed by atoms with van der Waals surface area (Å²) in [5, 5.41) is 1.17. The molecule has 1 fully saturated rings. The Morgan fingerprint density at radius 1 is 1.26 bits per heavy atom. The van der Waals surface area contributed by atoms with Gasteiger partial charge in [-0.1, -0.05) is 41.4 Å². The molecule has 1 atom stereocenters. The summed E-state index contributed by atoms with van der Waals surface area (Å²) in [5.41, 5.74) is 2.89. The number of H-pyrrole nitrogens is 1. The average Bonchev–Trinajstić information content (AvgIpc) is 3.00. The van der Waals surface area contributed by atoms with Gasteiger partial charge in [0.1, 0.15) is 11.9 Å². The van der Waals surface area contributed by atoms with Gasteiger partial charge in [0.25, 0.3) is 5.91 Å². The molecule has 0 radical (unpaired) electrons. The SMILES string of the molecule is Cc1[nH]c2ccccc2c1C(=O)N1CCO[C@@H](c2cc(F)c(Cl)cc2Cl)C1. The first-order valence-electron chi connectivity index (χ1n) is 8.58. The molecule has 1 aromatic heterocycles. The fraction of sp³-hybridized carbons (Fsp3) is 0.250. The predicted octanol–water partition coefficient (Wildman–Crippen LogP) is 5.14. The summed E-state index contributed by atoms with van der Waals surface area (Å²) in [7, 11) is 0. The van der Waals surface area contributed by atoms with Crippen molar-refractivity contribution in [2.24, 2.45) is 0 Å². The number of nitrogens with zero attached hydrogens (tertiary/aromatic N) is 1. The van der Waals surface area contributed by atoms with Crippen molar-refractivity contribution in [3.05, 3.63) is 69.1 Å². The van der Waals surface area contributed by atoms with E-state index in [9.17, 15) is 9.18 Å². The van der Waals surface area contributed by atoms with Crippen LogP contribution in [0.15, 0.2) is 36.4 Å². The van der Waals surface area contributed by atoms with E-state index in [1.165, 1.54) is 12.1 Å². The molecule has 2 heterocycles. The van der Waals surface area contributed by atoms with Crippen LogP contribution in [-0.2, 0) is 4.74 Å². The lowest BCUT2D eigenvalue weighted by Gasteiger charge is -2.33. The Morgan fingerprint density at radius 3 is 2.85 bits per heavy atom. The Bertz CT molecular complexity index is 1030. The highest BCUT2D eigenvalue weighted by Gasteiger charge is 2.30. The number of aryl methyl sites for hydroxylation is 1. The quantitative estimate of drug-likeness (QED) is 0.599. The van der Waals surface area contributed by atoms with E-state index < -0.39 is 11.9 Å². The van der Waals surface area contributed by atoms with Crippen LogP contribution in [0.5, 0.6) is 0 Å². The third-order valence-corrected chi connectivity index (χ3v) is 5.46. The van der Waals surface area contributed by atoms with Crippen LogP contribution < -0.4 is 0 Å². The normalized spacial score (nSPS) is 17.5. The van der Waals surface area contributed by atoms with Crippen molar-refractivity contribution in [2.45, 2.75) is 13.0 Å². The Kier molecular flexibility index (Phi) is 4.84. The molecular weight excluding hydrogens is 390 g/mol. The molecule has 1 N–H and O–H groups in total. The lowest BCUT2D eigenvalue weighted by molar-refractivity contribution is -0.0228. The molecule has 0 saturated carbocycles. The van der Waals surface area contributed by atoms with Crippen molar-refractivity contribution in [2.75, 3.05) is 19.7 Å². The molecule has 140 valence electrons. The molecule has 0 unspecified atom stereocenters. The van der Waals surface area contributed by atoms with E-state index in [-0.39, 0.29) is 10.9 Å². The smallest absolute Gasteiger partial charge is 0.256 e. The molecule has 1 saturated heterocycles. The molecule has 0 bridgehead atoms. The molecule has 27 heavy (non-hydrogen) atoms. The number of aromatic nitrogens is 1. The van der Waals surface area contributed by atoms with Gasteiger partial charge < -0.3 is 14.6 Å². The highest BCUT2D eigenvalue weighted by Crippen LogP contribution is 2.33. The fourth-order valence-corrected chi connectivity index (χ4v) is 4.02. The van der Waals surface area contributed by atoms with Gasteiger partial charge in [0, 0.05) is 33.7 Å². The third kappa shape index (κ3) is 3.31. The molecule has 1 amide bonds. The van der Waals surface area contributed by atoms with Crippen molar-refractivity contribution >= 4 is 40.0 Å². The lowest BCUT2D eigenvalue weighted by Crippen LogP contribution is -2.42. The number of carbonyl (C=O) groups excluding carboxylic acids is 1. The summed E-state index contributed by atoms with van der Waals surface area (Å²) >= 11 is 12.0. The number of hydrogen-bond acceptors (Lipinski definition) is 2. The number of benzene rings is 2. The zero-order valence-electron chi connectivity index (χ0n) is 14.6. The number of morpholine rings is 1. The van der Waals surface area contributed by atoms with Gasteiger partial charge in [0.05, 0.1) is 23.7 Å². The number of amides is 1. The third-order valence-electron chi connectivity index (χ3n) is 4.85. The van der Waals surface area contributed by atoms with E-state index in [4.69, 9.17) is 27.9 Å². The number of nitrogens with one attached hydrogen (secondary N) is 1. The second kappa shape index (κ2) is 7.15. The first kappa shape index (κ1) is 18.3. The van der Waals surface area contributed by atoms with Gasteiger partial charge in [-0.05, 0) is 25.1 Å². The van der Waals surface area contributed by atoms with Crippen LogP contribution in [0.3, 0.4) is 0 Å². The summed E-state index contributed by atoms with van der Waals surface area (Å²) in [6.07, 6.45) is -0.507. The molecule has 0 aliphatic carbocycles. The Balaban J connectivity index is 1.64. The van der Waals surface area contributed by atoms with Gasteiger partial charge in [0.2, 0.25) is 0 Å². The molecule has 7 heteroatoms. The van der Waals surface area contributed by atoms with Crippen LogP contribution in [-0.4, -0.2) is 35.5 Å². The monoisotopic (exact) mass is 406 g/mol. The maximum Gasteiger partial charge on any atom is 0.256 e. The Morgan fingerprint density at radius 2 is 2.04 bits per heavy atom. The van der Waals surface area contributed by atoms with Crippen LogP contribution in [0.1, 0.15) is 27.7 Å². The van der Waals surface area contributed by atoms with Gasteiger partial charge in [-0.2, -0.15) is 0 Å². The Hall–Kier alpha value is -2.08. The van der Waals surface area contributed by atoms with E-state index >= 15 is 0 Å². The zero-order chi connectivity index (χ0) is 19.1. The number of rotatable bonds is 2. The minimum atomic E-state index is -0.560. The van der Waals surface area contributed by atoms with E-state index in [2.05, 4.69) is 4.98 Å². The summed E-state index contributed by atoms with van der Waals surface area (Å²) in [6, 6.07) is 10.3. The second-order valence-electron chi connectivity index (χ2n) is 6.57. The number of carbonyl (C=O) groups is 1. The van der Waals surface area contributed by atoms with Crippen LogP contribution in [0.2, 0.25) is 10.0 Å². The first-order valence-corrected chi connectivity index (χ1v) is 9.34. The lowest BCUT2D eigenvalue weighted by atomic mass is 10.1. The van der Waals surface area contributed by atoms with E-state index in [1.807, 2.05) is 31.2 Å². The van der Waals surface area contributed by atoms with Crippen LogP contribution in [0.4, 0.5) is 4.39 Å². The molecule has 3 aromatic rings. The largest absolute Gasteiger partial charge is 0.370 e. The fourth-order valence-electron chi connectivity index (χ4n) is 3.52. The van der Waals surface area contributed by atoms with Gasteiger partial charge in [-0.15, -0.1) is 0 Å². The zero-order valence-corrected chi connectivity index (χ0v) is 16.1. The molecule has 1 aliphatic rings. The number of para-hydroxylation sites is 1. The van der Waals surface area contributed by atoms with Crippen molar-refractivity contribution in [1.82, 2.24) is 9.88 Å². The minimum Gasteiger partial charge on any atom is -0.370 e. The summed E-state index contributed by atoms with van der Waals surface area (Å²) in [5.74, 6) is -0.639. The minimum absolute atomic E-state index is 0.0399. The van der Waals surface area contributed by atoms with E-state index in [1.54, 1.807) is 4.90 Å². The van der Waals surface area contributed by atoms with Crippen molar-refractivity contribution in [3.63, 3.8) is 0 Å². The highest BCUT2D eigenvalue weighted by molar-refractivity contribution is 6.35. The maximum atomic E-state index is 13.9. The van der Waals surface area contributed by atoms with Crippen LogP contribution in [0, 0.1) is 12.7 Å². The maximum absolute atomic E-state index is 13.9. The summed E-state index contributed by atoms with van der Waals surface area (Å²) in [4.78, 5) is 18.2. The van der Waals surface area contributed by atoms with Crippen molar-refractivity contribution in [3.8, 4) is 0 Å². The van der Waals surface area contributed by atoms with Gasteiger partial charge >= 0.3 is 0 Å². The number of ether oxygens (including phenoxy) is 1. The van der Waals surface area contributed by atoms with Gasteiger partial charge in [-0.3, -0.25) is 4.79 Å². The standard InChI is InChI=1S/C20H17Cl2FN2O2/c1-11-19(12-4-2-3-5-17(12)24-11)20(26)25-6-7-27-18(10-25)13-8-16(23)15(22)9-14(13)21/h2-5,8-9,18,24H,6-7,10H2,1H3/t18-/m1/s1. The van der Waals surface area contributed by atoms with Gasteiger partial charge in [0.15, 0.2) is 0 Å². The van der Waals surface area contributed by atoms with Gasteiger partial charge in [-0.25, -0.2) is 4.39 Å². The number of aromatic amines is 1. The molecule has 0 spiro atoms. The number of fused-ring (bicyclic) bond motifs is 1. The van der Waals surface area contributed by atoms with Crippen LogP contribution >= 0.6 is 23.2 Å².